The van der Waals surface area contributed by atoms with Crippen molar-refractivity contribution in [3.05, 3.63) is 11.6 Å². The third kappa shape index (κ3) is 12.6. The Morgan fingerprint density at radius 2 is 1.53 bits per heavy atom. The summed E-state index contributed by atoms with van der Waals surface area (Å²) in [6.07, 6.45) is -0.0463. The van der Waals surface area contributed by atoms with Crippen LogP contribution in [-0.2, 0) is 9.59 Å². The first-order valence-electron chi connectivity index (χ1n) is 4.47. The molecule has 0 amide bonds. The summed E-state index contributed by atoms with van der Waals surface area (Å²) in [5, 5.41) is 24.7. The molecule has 88 valence electrons. The van der Waals surface area contributed by atoms with Gasteiger partial charge in [-0.25, -0.2) is 9.59 Å². The van der Waals surface area contributed by atoms with E-state index in [0.29, 0.717) is 0 Å². The normalized spacial score (nSPS) is 11.1. The second-order valence-electron chi connectivity index (χ2n) is 3.59. The molecule has 1 unspecified atom stereocenters. The molecule has 0 spiro atoms. The third-order valence-electron chi connectivity index (χ3n) is 1.30. The van der Waals surface area contributed by atoms with Gasteiger partial charge in [0.05, 0.1) is 0 Å². The summed E-state index contributed by atoms with van der Waals surface area (Å²) in [4.78, 5) is 19.6. The monoisotopic (exact) mass is 218 g/mol. The van der Waals surface area contributed by atoms with E-state index in [1.807, 2.05) is 0 Å². The van der Waals surface area contributed by atoms with Crippen molar-refractivity contribution in [3.8, 4) is 0 Å². The first-order valence-corrected chi connectivity index (χ1v) is 4.47. The van der Waals surface area contributed by atoms with E-state index < -0.39 is 18.0 Å². The van der Waals surface area contributed by atoms with Crippen LogP contribution in [-0.4, -0.2) is 33.4 Å². The van der Waals surface area contributed by atoms with Gasteiger partial charge in [0.2, 0.25) is 0 Å². The highest BCUT2D eigenvalue weighted by atomic mass is 16.4. The molecule has 0 saturated carbocycles. The van der Waals surface area contributed by atoms with Crippen LogP contribution in [0, 0.1) is 5.92 Å². The highest BCUT2D eigenvalue weighted by Gasteiger charge is 2.16. The SMILES string of the molecule is CC(C)=CC(=O)O.CC(C)C(O)C(=O)O. The maximum Gasteiger partial charge on any atom is 0.332 e. The summed E-state index contributed by atoms with van der Waals surface area (Å²) in [6, 6.07) is 0. The molecule has 5 nitrogen and oxygen atoms in total. The van der Waals surface area contributed by atoms with Crippen LogP contribution < -0.4 is 0 Å². The predicted octanol–water partition coefficient (Wildman–Crippen LogP) is 1.13. The molecule has 0 radical (unpaired) electrons. The van der Waals surface area contributed by atoms with Crippen molar-refractivity contribution in [2.24, 2.45) is 5.92 Å². The highest BCUT2D eigenvalue weighted by Crippen LogP contribution is 1.99. The molecular formula is C10H18O5. The van der Waals surface area contributed by atoms with Crippen LogP contribution in [0.3, 0.4) is 0 Å². The van der Waals surface area contributed by atoms with Gasteiger partial charge in [-0.2, -0.15) is 0 Å². The largest absolute Gasteiger partial charge is 0.479 e. The zero-order valence-electron chi connectivity index (χ0n) is 9.39. The van der Waals surface area contributed by atoms with Crippen LogP contribution >= 0.6 is 0 Å². The standard InChI is InChI=1S/C5H10O3.C5H8O2/c1-3(2)4(6)5(7)8;1-4(2)3-5(6)7/h3-4,6H,1-2H3,(H,7,8);3H,1-2H3,(H,6,7). The lowest BCUT2D eigenvalue weighted by Crippen LogP contribution is -2.25. The molecule has 5 heteroatoms. The lowest BCUT2D eigenvalue weighted by Gasteiger charge is -2.06. The molecule has 0 aliphatic carbocycles. The molecule has 0 rings (SSSR count). The van der Waals surface area contributed by atoms with Gasteiger partial charge in [-0.1, -0.05) is 19.4 Å². The Kier molecular flexibility index (Phi) is 8.57. The van der Waals surface area contributed by atoms with Gasteiger partial charge in [0.1, 0.15) is 0 Å². The zero-order chi connectivity index (χ0) is 12.6. The van der Waals surface area contributed by atoms with Gasteiger partial charge in [0, 0.05) is 6.08 Å². The number of rotatable bonds is 3. The van der Waals surface area contributed by atoms with Crippen molar-refractivity contribution in [2.75, 3.05) is 0 Å². The van der Waals surface area contributed by atoms with E-state index in [9.17, 15) is 9.59 Å². The minimum atomic E-state index is -1.21. The Morgan fingerprint density at radius 1 is 1.13 bits per heavy atom. The van der Waals surface area contributed by atoms with Crippen LogP contribution in [0.4, 0.5) is 0 Å². The van der Waals surface area contributed by atoms with Crippen LogP contribution in [0.2, 0.25) is 0 Å². The summed E-state index contributed by atoms with van der Waals surface area (Å²) in [5.74, 6) is -2.23. The van der Waals surface area contributed by atoms with Gasteiger partial charge < -0.3 is 15.3 Å². The average molecular weight is 218 g/mol. The number of aliphatic hydroxyl groups is 1. The fourth-order valence-corrected chi connectivity index (χ4v) is 0.532. The minimum absolute atomic E-state index is 0.201. The molecule has 0 saturated heterocycles. The van der Waals surface area contributed by atoms with Gasteiger partial charge in [0.25, 0.3) is 0 Å². The summed E-state index contributed by atoms with van der Waals surface area (Å²) in [5.41, 5.74) is 0.813. The van der Waals surface area contributed by atoms with Crippen molar-refractivity contribution in [1.82, 2.24) is 0 Å². The number of aliphatic hydroxyl groups excluding tert-OH is 1. The minimum Gasteiger partial charge on any atom is -0.479 e. The maximum atomic E-state index is 9.89. The number of hydrogen-bond acceptors (Lipinski definition) is 3. The summed E-state index contributed by atoms with van der Waals surface area (Å²) >= 11 is 0. The topological polar surface area (TPSA) is 94.8 Å². The molecule has 3 N–H and O–H groups in total. The molecule has 15 heavy (non-hydrogen) atoms. The third-order valence-corrected chi connectivity index (χ3v) is 1.30. The number of allylic oxidation sites excluding steroid dienone is 1. The second kappa shape index (κ2) is 7.99. The number of carboxylic acid groups (broad SMARTS) is 2. The molecule has 0 aromatic heterocycles. The summed E-state index contributed by atoms with van der Waals surface area (Å²) in [6.45, 7) is 6.79. The number of carboxylic acids is 2. The fourth-order valence-electron chi connectivity index (χ4n) is 0.532. The molecule has 0 aromatic carbocycles. The first kappa shape index (κ1) is 16.1. The Balaban J connectivity index is 0. The van der Waals surface area contributed by atoms with E-state index >= 15 is 0 Å². The number of hydrogen-bond donors (Lipinski definition) is 3. The lowest BCUT2D eigenvalue weighted by atomic mass is 10.1. The van der Waals surface area contributed by atoms with Gasteiger partial charge in [0.15, 0.2) is 6.10 Å². The van der Waals surface area contributed by atoms with Crippen LogP contribution in [0.15, 0.2) is 11.6 Å². The average Bonchev–Trinajstić information content (AvgIpc) is 2.00. The molecule has 0 aromatic rings. The highest BCUT2D eigenvalue weighted by molar-refractivity contribution is 5.80. The van der Waals surface area contributed by atoms with Crippen LogP contribution in [0.1, 0.15) is 27.7 Å². The predicted molar refractivity (Wildman–Crippen MR) is 55.5 cm³/mol. The quantitative estimate of drug-likeness (QED) is 0.617. The van der Waals surface area contributed by atoms with Crippen molar-refractivity contribution in [2.45, 2.75) is 33.8 Å². The summed E-state index contributed by atoms with van der Waals surface area (Å²) in [7, 11) is 0. The van der Waals surface area contributed by atoms with Crippen molar-refractivity contribution >= 4 is 11.9 Å². The Bertz CT molecular complexity index is 238. The molecule has 1 atom stereocenters. The molecular weight excluding hydrogens is 200 g/mol. The first-order chi connectivity index (χ1) is 6.68. The van der Waals surface area contributed by atoms with E-state index in [-0.39, 0.29) is 5.92 Å². The second-order valence-corrected chi connectivity index (χ2v) is 3.59. The number of aliphatic carboxylic acids is 2. The van der Waals surface area contributed by atoms with Crippen molar-refractivity contribution in [3.63, 3.8) is 0 Å². The van der Waals surface area contributed by atoms with Gasteiger partial charge >= 0.3 is 11.9 Å². The molecule has 0 fully saturated rings. The smallest absolute Gasteiger partial charge is 0.332 e. The van der Waals surface area contributed by atoms with Gasteiger partial charge in [-0.15, -0.1) is 0 Å². The Morgan fingerprint density at radius 3 is 1.53 bits per heavy atom. The van der Waals surface area contributed by atoms with Crippen molar-refractivity contribution < 1.29 is 24.9 Å². The van der Waals surface area contributed by atoms with Gasteiger partial charge in [-0.3, -0.25) is 0 Å². The van der Waals surface area contributed by atoms with Gasteiger partial charge in [-0.05, 0) is 19.8 Å². The van der Waals surface area contributed by atoms with E-state index in [2.05, 4.69) is 0 Å². The zero-order valence-corrected chi connectivity index (χ0v) is 9.39. The van der Waals surface area contributed by atoms with Crippen LogP contribution in [0.5, 0.6) is 0 Å². The van der Waals surface area contributed by atoms with Crippen molar-refractivity contribution in [1.29, 1.82) is 0 Å². The van der Waals surface area contributed by atoms with E-state index in [0.717, 1.165) is 5.57 Å². The summed E-state index contributed by atoms with van der Waals surface area (Å²) < 4.78 is 0. The fraction of sp³-hybridized carbons (Fsp3) is 0.600. The molecule has 0 aliphatic rings. The molecule has 0 heterocycles. The Labute approximate surface area is 89.0 Å². The van der Waals surface area contributed by atoms with E-state index in [1.165, 1.54) is 6.08 Å². The molecule has 0 aliphatic heterocycles. The van der Waals surface area contributed by atoms with E-state index in [4.69, 9.17) is 15.3 Å². The number of carbonyl (C=O) groups is 2. The Hall–Kier alpha value is -1.36. The lowest BCUT2D eigenvalue weighted by molar-refractivity contribution is -0.148. The molecule has 0 bridgehead atoms. The maximum absolute atomic E-state index is 9.89. The van der Waals surface area contributed by atoms with E-state index in [1.54, 1.807) is 27.7 Å². The van der Waals surface area contributed by atoms with Crippen LogP contribution in [0.25, 0.3) is 0 Å².